The first-order valence-corrected chi connectivity index (χ1v) is 10.3. The number of amides is 1. The molecule has 2 aromatic rings. The molecule has 0 atom stereocenters. The molecule has 0 radical (unpaired) electrons. The van der Waals surface area contributed by atoms with Gasteiger partial charge in [-0.05, 0) is 31.1 Å². The van der Waals surface area contributed by atoms with Crippen molar-refractivity contribution in [2.45, 2.75) is 26.7 Å². The fourth-order valence-corrected chi connectivity index (χ4v) is 4.45. The Balaban J connectivity index is 1.52. The van der Waals surface area contributed by atoms with Gasteiger partial charge in [0.2, 0.25) is 0 Å². The van der Waals surface area contributed by atoms with Crippen molar-refractivity contribution in [3.8, 4) is 0 Å². The number of fused-ring (bicyclic) bond motifs is 1. The van der Waals surface area contributed by atoms with E-state index in [-0.39, 0.29) is 6.09 Å². The number of hydrogen-bond donors (Lipinski definition) is 0. The summed E-state index contributed by atoms with van der Waals surface area (Å²) < 4.78 is 5.11. The number of nitrogens with zero attached hydrogens (tertiary/aromatic N) is 4. The molecule has 0 bridgehead atoms. The SMILES string of the molecule is CCOC(=O)N1CCN(c2ccnc3c2C=C(c2ncc(CC)s2)C3)CC1. The van der Waals surface area contributed by atoms with Crippen molar-refractivity contribution in [2.75, 3.05) is 37.7 Å². The third kappa shape index (κ3) is 3.56. The van der Waals surface area contributed by atoms with Gasteiger partial charge in [-0.3, -0.25) is 4.98 Å². The maximum absolute atomic E-state index is 11.9. The zero-order valence-electron chi connectivity index (χ0n) is 15.8. The Morgan fingerprint density at radius 1 is 1.22 bits per heavy atom. The quantitative estimate of drug-likeness (QED) is 0.808. The second kappa shape index (κ2) is 7.68. The van der Waals surface area contributed by atoms with Crippen molar-refractivity contribution in [3.63, 3.8) is 0 Å². The van der Waals surface area contributed by atoms with Gasteiger partial charge in [0.1, 0.15) is 5.01 Å². The van der Waals surface area contributed by atoms with Crippen molar-refractivity contribution in [2.24, 2.45) is 0 Å². The minimum atomic E-state index is -0.213. The van der Waals surface area contributed by atoms with Crippen molar-refractivity contribution >= 4 is 34.8 Å². The van der Waals surface area contributed by atoms with E-state index in [9.17, 15) is 4.79 Å². The maximum Gasteiger partial charge on any atom is 0.409 e. The number of thiazole rings is 1. The van der Waals surface area contributed by atoms with Crippen LogP contribution in [-0.4, -0.2) is 53.7 Å². The second-order valence-corrected chi connectivity index (χ2v) is 7.81. The highest BCUT2D eigenvalue weighted by Gasteiger charge is 2.26. The predicted molar refractivity (Wildman–Crippen MR) is 108 cm³/mol. The third-order valence-corrected chi connectivity index (χ3v) is 6.27. The van der Waals surface area contributed by atoms with Crippen LogP contribution >= 0.6 is 11.3 Å². The average molecular weight is 385 g/mol. The molecule has 2 aliphatic rings. The molecule has 0 spiro atoms. The Bertz CT molecular complexity index is 869. The van der Waals surface area contributed by atoms with Crippen LogP contribution in [0.2, 0.25) is 0 Å². The van der Waals surface area contributed by atoms with Crippen LogP contribution in [0, 0.1) is 0 Å². The van der Waals surface area contributed by atoms with Gasteiger partial charge in [-0.15, -0.1) is 11.3 Å². The molecule has 1 aliphatic carbocycles. The summed E-state index contributed by atoms with van der Waals surface area (Å²) in [6.07, 6.45) is 7.76. The van der Waals surface area contributed by atoms with Gasteiger partial charge in [0.15, 0.2) is 0 Å². The van der Waals surface area contributed by atoms with E-state index in [4.69, 9.17) is 4.74 Å². The number of ether oxygens (including phenoxy) is 1. The van der Waals surface area contributed by atoms with Crippen LogP contribution in [0.4, 0.5) is 10.5 Å². The Morgan fingerprint density at radius 3 is 2.74 bits per heavy atom. The summed E-state index contributed by atoms with van der Waals surface area (Å²) in [5.41, 5.74) is 4.76. The molecule has 27 heavy (non-hydrogen) atoms. The zero-order chi connectivity index (χ0) is 18.8. The monoisotopic (exact) mass is 384 g/mol. The molecule has 7 heteroatoms. The van der Waals surface area contributed by atoms with Gasteiger partial charge in [-0.1, -0.05) is 6.92 Å². The molecule has 2 aromatic heterocycles. The lowest BCUT2D eigenvalue weighted by Crippen LogP contribution is -2.49. The van der Waals surface area contributed by atoms with Gasteiger partial charge in [0.05, 0.1) is 12.3 Å². The Labute approximate surface area is 163 Å². The molecule has 1 amide bonds. The lowest BCUT2D eigenvalue weighted by molar-refractivity contribution is 0.105. The number of piperazine rings is 1. The molecule has 1 fully saturated rings. The summed E-state index contributed by atoms with van der Waals surface area (Å²) in [7, 11) is 0. The fourth-order valence-electron chi connectivity index (χ4n) is 3.59. The first kappa shape index (κ1) is 18.0. The van der Waals surface area contributed by atoms with Crippen molar-refractivity contribution in [1.82, 2.24) is 14.9 Å². The molecule has 1 saturated heterocycles. The number of aryl methyl sites for hydroxylation is 1. The number of carbonyl (C=O) groups is 1. The Kier molecular flexibility index (Phi) is 5.11. The van der Waals surface area contributed by atoms with Gasteiger partial charge in [-0.25, -0.2) is 9.78 Å². The number of aromatic nitrogens is 2. The molecule has 3 heterocycles. The predicted octanol–water partition coefficient (Wildman–Crippen LogP) is 3.48. The highest BCUT2D eigenvalue weighted by molar-refractivity contribution is 7.12. The molecule has 142 valence electrons. The van der Waals surface area contributed by atoms with Crippen molar-refractivity contribution in [1.29, 1.82) is 0 Å². The molecule has 0 N–H and O–H groups in total. The number of hydrogen-bond acceptors (Lipinski definition) is 6. The van der Waals surface area contributed by atoms with Crippen LogP contribution < -0.4 is 4.90 Å². The van der Waals surface area contributed by atoms with E-state index in [1.54, 1.807) is 16.2 Å². The topological polar surface area (TPSA) is 58.6 Å². The average Bonchev–Trinajstić information content (AvgIpc) is 3.34. The first-order chi connectivity index (χ1) is 13.2. The van der Waals surface area contributed by atoms with Crippen LogP contribution in [0.5, 0.6) is 0 Å². The number of carbonyl (C=O) groups excluding carboxylic acids is 1. The van der Waals surface area contributed by atoms with E-state index in [0.717, 1.165) is 36.6 Å². The first-order valence-electron chi connectivity index (χ1n) is 9.49. The highest BCUT2D eigenvalue weighted by Crippen LogP contribution is 2.37. The summed E-state index contributed by atoms with van der Waals surface area (Å²) in [5.74, 6) is 0. The van der Waals surface area contributed by atoms with E-state index >= 15 is 0 Å². The maximum atomic E-state index is 11.9. The van der Waals surface area contributed by atoms with Gasteiger partial charge in [0.25, 0.3) is 0 Å². The molecule has 4 rings (SSSR count). The van der Waals surface area contributed by atoms with Crippen LogP contribution in [0.15, 0.2) is 18.5 Å². The largest absolute Gasteiger partial charge is 0.450 e. The molecular formula is C20H24N4O2S. The number of pyridine rings is 1. The number of allylic oxidation sites excluding steroid dienone is 1. The summed E-state index contributed by atoms with van der Waals surface area (Å²) in [4.78, 5) is 26.5. The van der Waals surface area contributed by atoms with Crippen LogP contribution in [0.1, 0.15) is 35.0 Å². The fraction of sp³-hybridized carbons (Fsp3) is 0.450. The lowest BCUT2D eigenvalue weighted by Gasteiger charge is -2.36. The number of rotatable bonds is 4. The second-order valence-electron chi connectivity index (χ2n) is 6.70. The summed E-state index contributed by atoms with van der Waals surface area (Å²) in [5, 5.41) is 1.10. The minimum absolute atomic E-state index is 0.213. The van der Waals surface area contributed by atoms with E-state index in [1.807, 2.05) is 19.3 Å². The summed E-state index contributed by atoms with van der Waals surface area (Å²) in [6, 6.07) is 2.08. The summed E-state index contributed by atoms with van der Waals surface area (Å²) >= 11 is 1.77. The Morgan fingerprint density at radius 2 is 2.04 bits per heavy atom. The highest BCUT2D eigenvalue weighted by atomic mass is 32.1. The summed E-state index contributed by atoms with van der Waals surface area (Å²) in [6.45, 7) is 7.37. The van der Waals surface area contributed by atoms with Crippen LogP contribution in [0.25, 0.3) is 11.6 Å². The molecule has 0 saturated carbocycles. The molecule has 0 aromatic carbocycles. The number of anilines is 1. The third-order valence-electron chi connectivity index (χ3n) is 5.05. The minimum Gasteiger partial charge on any atom is -0.450 e. The Hall–Kier alpha value is -2.41. The van der Waals surface area contributed by atoms with Crippen LogP contribution in [0.3, 0.4) is 0 Å². The smallest absolute Gasteiger partial charge is 0.409 e. The molecule has 0 unspecified atom stereocenters. The van der Waals surface area contributed by atoms with Gasteiger partial charge >= 0.3 is 6.09 Å². The normalized spacial score (nSPS) is 16.3. The van der Waals surface area contributed by atoms with E-state index in [1.165, 1.54) is 21.7 Å². The molecular weight excluding hydrogens is 360 g/mol. The standard InChI is InChI=1S/C20H24N4O2S/c1-3-15-13-22-19(27-15)14-11-16-17(12-14)21-6-5-18(16)23-7-9-24(10-8-23)20(25)26-4-2/h5-6,11,13H,3-4,7-10,12H2,1-2H3. The van der Waals surface area contributed by atoms with Gasteiger partial charge in [-0.2, -0.15) is 0 Å². The van der Waals surface area contributed by atoms with Crippen LogP contribution in [-0.2, 0) is 17.6 Å². The zero-order valence-corrected chi connectivity index (χ0v) is 16.6. The lowest BCUT2D eigenvalue weighted by atomic mass is 10.1. The van der Waals surface area contributed by atoms with E-state index in [0.29, 0.717) is 19.7 Å². The van der Waals surface area contributed by atoms with Crippen molar-refractivity contribution < 1.29 is 9.53 Å². The molecule has 6 nitrogen and oxygen atoms in total. The van der Waals surface area contributed by atoms with E-state index in [2.05, 4.69) is 33.9 Å². The van der Waals surface area contributed by atoms with Gasteiger partial charge < -0.3 is 14.5 Å². The van der Waals surface area contributed by atoms with Crippen molar-refractivity contribution in [3.05, 3.63) is 39.6 Å². The molecule has 1 aliphatic heterocycles. The van der Waals surface area contributed by atoms with E-state index < -0.39 is 0 Å². The van der Waals surface area contributed by atoms with Gasteiger partial charge in [0, 0.05) is 61.1 Å².